The van der Waals surface area contributed by atoms with Gasteiger partial charge in [0.25, 0.3) is 5.95 Å². The average Bonchev–Trinajstić information content (AvgIpc) is 3.09. The fourth-order valence-electron chi connectivity index (χ4n) is 3.41. The first-order valence-electron chi connectivity index (χ1n) is 12.1. The molecule has 1 rings (SSSR count). The van der Waals surface area contributed by atoms with Crippen molar-refractivity contribution in [3.8, 4) is 5.95 Å². The van der Waals surface area contributed by atoms with Crippen LogP contribution in [0.1, 0.15) is 126 Å². The maximum Gasteiger partial charge on any atom is 0.374 e. The van der Waals surface area contributed by atoms with E-state index in [0.29, 0.717) is 19.2 Å². The van der Waals surface area contributed by atoms with Crippen molar-refractivity contribution >= 4 is 5.97 Å². The van der Waals surface area contributed by atoms with Gasteiger partial charge in [-0.25, -0.2) is 4.79 Å². The number of furan rings is 1. The van der Waals surface area contributed by atoms with Crippen molar-refractivity contribution in [1.82, 2.24) is 0 Å². The van der Waals surface area contributed by atoms with E-state index in [4.69, 9.17) is 13.9 Å². The molecule has 0 bridgehead atoms. The van der Waals surface area contributed by atoms with Crippen LogP contribution in [-0.4, -0.2) is 19.2 Å². The summed E-state index contributed by atoms with van der Waals surface area (Å²) in [5, 5.41) is 0. The van der Waals surface area contributed by atoms with E-state index in [0.717, 1.165) is 31.2 Å². The summed E-state index contributed by atoms with van der Waals surface area (Å²) in [5.41, 5.74) is 0.851. The third-order valence-corrected chi connectivity index (χ3v) is 5.29. The molecule has 0 radical (unpaired) electrons. The number of esters is 1. The second-order valence-corrected chi connectivity index (χ2v) is 8.16. The number of ether oxygens (including phenoxy) is 2. The molecule has 29 heavy (non-hydrogen) atoms. The Morgan fingerprint density at radius 1 is 0.759 bits per heavy atom. The summed E-state index contributed by atoms with van der Waals surface area (Å²) in [6.45, 7) is 7.37. The van der Waals surface area contributed by atoms with Gasteiger partial charge in [-0.2, -0.15) is 0 Å². The predicted octanol–water partition coefficient (Wildman–Crippen LogP) is 8.01. The summed E-state index contributed by atoms with van der Waals surface area (Å²) >= 11 is 0. The zero-order chi connectivity index (χ0) is 21.2. The van der Waals surface area contributed by atoms with Gasteiger partial charge < -0.3 is 13.9 Å². The molecule has 4 heteroatoms. The van der Waals surface area contributed by atoms with Gasteiger partial charge in [-0.15, -0.1) is 0 Å². The molecule has 1 aromatic heterocycles. The molecule has 4 nitrogen and oxygen atoms in total. The Labute approximate surface area is 178 Å². The molecule has 1 heterocycles. The van der Waals surface area contributed by atoms with E-state index in [2.05, 4.69) is 13.8 Å². The molecule has 0 unspecified atom stereocenters. The first kappa shape index (κ1) is 25.6. The zero-order valence-electron chi connectivity index (χ0n) is 19.2. The van der Waals surface area contributed by atoms with Crippen LogP contribution in [0.2, 0.25) is 0 Å². The lowest BCUT2D eigenvalue weighted by Crippen LogP contribution is -2.05. The van der Waals surface area contributed by atoms with Crippen molar-refractivity contribution in [2.75, 3.05) is 13.2 Å². The van der Waals surface area contributed by atoms with Crippen LogP contribution in [0.5, 0.6) is 5.95 Å². The fourth-order valence-corrected chi connectivity index (χ4v) is 3.41. The standard InChI is InChI=1S/C25H44O4/c1-4-6-8-9-10-11-12-13-14-15-16-18-20-28-25-22(3)21-23(29-25)24(26)27-19-17-7-5-2/h21H,4-20H2,1-3H3. The molecule has 0 atom stereocenters. The van der Waals surface area contributed by atoms with Crippen LogP contribution in [0.15, 0.2) is 10.5 Å². The second kappa shape index (κ2) is 17.4. The van der Waals surface area contributed by atoms with Gasteiger partial charge in [0.05, 0.1) is 13.2 Å². The van der Waals surface area contributed by atoms with Crippen LogP contribution in [0.3, 0.4) is 0 Å². The summed E-state index contributed by atoms with van der Waals surface area (Å²) in [7, 11) is 0. The van der Waals surface area contributed by atoms with Crippen molar-refractivity contribution in [2.24, 2.45) is 0 Å². The maximum absolute atomic E-state index is 12.0. The van der Waals surface area contributed by atoms with Crippen molar-refractivity contribution in [2.45, 2.75) is 117 Å². The van der Waals surface area contributed by atoms with E-state index in [1.807, 2.05) is 6.92 Å². The van der Waals surface area contributed by atoms with Gasteiger partial charge in [0, 0.05) is 5.56 Å². The normalized spacial score (nSPS) is 11.0. The molecular formula is C25H44O4. The summed E-state index contributed by atoms with van der Waals surface area (Å²) in [6, 6.07) is 1.71. The van der Waals surface area contributed by atoms with Crippen molar-refractivity contribution in [3.63, 3.8) is 0 Å². The fraction of sp³-hybridized carbons (Fsp3) is 0.800. The van der Waals surface area contributed by atoms with Gasteiger partial charge in [0.1, 0.15) is 0 Å². The number of carbonyl (C=O) groups is 1. The van der Waals surface area contributed by atoms with Crippen LogP contribution in [0.4, 0.5) is 0 Å². The highest BCUT2D eigenvalue weighted by Crippen LogP contribution is 2.24. The van der Waals surface area contributed by atoms with E-state index in [9.17, 15) is 4.79 Å². The molecule has 0 aliphatic carbocycles. The van der Waals surface area contributed by atoms with Crippen molar-refractivity contribution in [1.29, 1.82) is 0 Å². The summed E-state index contributed by atoms with van der Waals surface area (Å²) in [4.78, 5) is 12.0. The lowest BCUT2D eigenvalue weighted by Gasteiger charge is -2.05. The first-order chi connectivity index (χ1) is 14.2. The molecule has 0 saturated carbocycles. The maximum atomic E-state index is 12.0. The lowest BCUT2D eigenvalue weighted by molar-refractivity contribution is 0.0453. The minimum Gasteiger partial charge on any atom is -0.465 e. The highest BCUT2D eigenvalue weighted by molar-refractivity contribution is 5.86. The van der Waals surface area contributed by atoms with Gasteiger partial charge in [-0.05, 0) is 25.8 Å². The molecule has 0 spiro atoms. The van der Waals surface area contributed by atoms with Gasteiger partial charge in [-0.1, -0.05) is 97.3 Å². The largest absolute Gasteiger partial charge is 0.465 e. The Morgan fingerprint density at radius 2 is 1.24 bits per heavy atom. The molecule has 0 N–H and O–H groups in total. The Hall–Kier alpha value is -1.45. The van der Waals surface area contributed by atoms with E-state index >= 15 is 0 Å². The number of rotatable bonds is 19. The zero-order valence-corrected chi connectivity index (χ0v) is 19.2. The van der Waals surface area contributed by atoms with Gasteiger partial charge >= 0.3 is 5.97 Å². The van der Waals surface area contributed by atoms with Crippen LogP contribution >= 0.6 is 0 Å². The number of carbonyl (C=O) groups excluding carboxylic acids is 1. The molecule has 0 aliphatic heterocycles. The first-order valence-corrected chi connectivity index (χ1v) is 12.1. The summed E-state index contributed by atoms with van der Waals surface area (Å²) in [6.07, 6.45) is 18.9. The molecule has 0 amide bonds. The number of hydrogen-bond donors (Lipinski definition) is 0. The molecule has 0 aromatic carbocycles. The van der Waals surface area contributed by atoms with Crippen molar-refractivity contribution < 1.29 is 18.7 Å². The minimum absolute atomic E-state index is 0.240. The average molecular weight is 409 g/mol. The second-order valence-electron chi connectivity index (χ2n) is 8.16. The molecular weight excluding hydrogens is 364 g/mol. The van der Waals surface area contributed by atoms with Crippen LogP contribution in [0.25, 0.3) is 0 Å². The SMILES string of the molecule is CCCCCCCCCCCCCCOc1oc(C(=O)OCCCCC)cc1C. The Balaban J connectivity index is 2.03. The Morgan fingerprint density at radius 3 is 1.83 bits per heavy atom. The van der Waals surface area contributed by atoms with Crippen LogP contribution < -0.4 is 4.74 Å². The minimum atomic E-state index is -0.399. The summed E-state index contributed by atoms with van der Waals surface area (Å²) in [5.74, 6) is 0.293. The smallest absolute Gasteiger partial charge is 0.374 e. The third-order valence-electron chi connectivity index (χ3n) is 5.29. The van der Waals surface area contributed by atoms with Gasteiger partial charge in [0.2, 0.25) is 5.76 Å². The quantitative estimate of drug-likeness (QED) is 0.172. The predicted molar refractivity (Wildman–Crippen MR) is 120 cm³/mol. The molecule has 0 saturated heterocycles. The highest BCUT2D eigenvalue weighted by atomic mass is 16.6. The van der Waals surface area contributed by atoms with E-state index < -0.39 is 5.97 Å². The van der Waals surface area contributed by atoms with E-state index in [1.54, 1.807) is 6.07 Å². The van der Waals surface area contributed by atoms with Crippen LogP contribution in [0, 0.1) is 6.92 Å². The molecule has 168 valence electrons. The lowest BCUT2D eigenvalue weighted by atomic mass is 10.1. The topological polar surface area (TPSA) is 48.7 Å². The monoisotopic (exact) mass is 408 g/mol. The van der Waals surface area contributed by atoms with E-state index in [-0.39, 0.29) is 5.76 Å². The third kappa shape index (κ3) is 12.7. The van der Waals surface area contributed by atoms with E-state index in [1.165, 1.54) is 70.6 Å². The Kier molecular flexibility index (Phi) is 15.4. The van der Waals surface area contributed by atoms with Gasteiger partial charge in [0.15, 0.2) is 0 Å². The molecule has 0 fully saturated rings. The Bertz CT molecular complexity index is 521. The summed E-state index contributed by atoms with van der Waals surface area (Å²) < 4.78 is 16.5. The number of hydrogen-bond acceptors (Lipinski definition) is 4. The van der Waals surface area contributed by atoms with Crippen LogP contribution in [-0.2, 0) is 4.74 Å². The highest BCUT2D eigenvalue weighted by Gasteiger charge is 2.16. The number of unbranched alkanes of at least 4 members (excludes halogenated alkanes) is 13. The van der Waals surface area contributed by atoms with Gasteiger partial charge in [-0.3, -0.25) is 0 Å². The molecule has 1 aromatic rings. The molecule has 0 aliphatic rings. The number of aryl methyl sites for hydroxylation is 1. The van der Waals surface area contributed by atoms with Crippen molar-refractivity contribution in [3.05, 3.63) is 17.4 Å².